The fourth-order valence-corrected chi connectivity index (χ4v) is 2.18. The Labute approximate surface area is 127 Å². The second-order valence-corrected chi connectivity index (χ2v) is 4.77. The van der Waals surface area contributed by atoms with E-state index in [1.54, 1.807) is 0 Å². The van der Waals surface area contributed by atoms with Crippen molar-refractivity contribution in [2.24, 2.45) is 0 Å². The minimum atomic E-state index is -0.613. The molecule has 118 valence electrons. The highest BCUT2D eigenvalue weighted by molar-refractivity contribution is 6.00. The fraction of sp³-hybridized carbons (Fsp3) is 0.400. The molecule has 1 aromatic carbocycles. The highest BCUT2D eigenvalue weighted by atomic mass is 16.5. The van der Waals surface area contributed by atoms with Crippen LogP contribution in [0.15, 0.2) is 18.2 Å². The zero-order chi connectivity index (χ0) is 16.1. The molecule has 0 aromatic heterocycles. The summed E-state index contributed by atoms with van der Waals surface area (Å²) in [4.78, 5) is 35.4. The summed E-state index contributed by atoms with van der Waals surface area (Å²) in [7, 11) is 2.47. The van der Waals surface area contributed by atoms with Crippen LogP contribution in [0.4, 0.5) is 5.69 Å². The number of esters is 2. The van der Waals surface area contributed by atoms with Crippen LogP contribution in [0.25, 0.3) is 0 Å². The number of ether oxygens (including phenoxy) is 3. The van der Waals surface area contributed by atoms with Crippen LogP contribution in [0.3, 0.4) is 0 Å². The lowest BCUT2D eigenvalue weighted by atomic mass is 10.1. The molecule has 7 nitrogen and oxygen atoms in total. The SMILES string of the molecule is COC(=O)c1cc(NC(=O)[C@@H]2CCCO2)cc(C(=O)OC)c1. The van der Waals surface area contributed by atoms with Gasteiger partial charge in [0, 0.05) is 12.3 Å². The molecule has 0 bridgehead atoms. The molecule has 7 heteroatoms. The average molecular weight is 307 g/mol. The van der Waals surface area contributed by atoms with Crippen molar-refractivity contribution >= 4 is 23.5 Å². The molecule has 0 aliphatic carbocycles. The van der Waals surface area contributed by atoms with Gasteiger partial charge < -0.3 is 19.5 Å². The number of hydrogen-bond acceptors (Lipinski definition) is 6. The molecule has 0 saturated carbocycles. The molecular weight excluding hydrogens is 290 g/mol. The molecule has 2 rings (SSSR count). The normalized spacial score (nSPS) is 16.9. The van der Waals surface area contributed by atoms with Crippen LogP contribution in [0.1, 0.15) is 33.6 Å². The third-order valence-corrected chi connectivity index (χ3v) is 3.26. The van der Waals surface area contributed by atoms with Crippen molar-refractivity contribution in [1.82, 2.24) is 0 Å². The quantitative estimate of drug-likeness (QED) is 0.845. The van der Waals surface area contributed by atoms with Gasteiger partial charge in [0.05, 0.1) is 25.3 Å². The number of nitrogens with one attached hydrogen (secondary N) is 1. The number of amides is 1. The Morgan fingerprint density at radius 1 is 1.09 bits per heavy atom. The Morgan fingerprint density at radius 2 is 1.68 bits per heavy atom. The first kappa shape index (κ1) is 16.0. The van der Waals surface area contributed by atoms with Gasteiger partial charge >= 0.3 is 11.9 Å². The van der Waals surface area contributed by atoms with Gasteiger partial charge in [-0.25, -0.2) is 9.59 Å². The highest BCUT2D eigenvalue weighted by Gasteiger charge is 2.24. The van der Waals surface area contributed by atoms with E-state index in [1.807, 2.05) is 0 Å². The lowest BCUT2D eigenvalue weighted by Crippen LogP contribution is -2.27. The Hall–Kier alpha value is -2.41. The van der Waals surface area contributed by atoms with Gasteiger partial charge in [0.2, 0.25) is 0 Å². The monoisotopic (exact) mass is 307 g/mol. The van der Waals surface area contributed by atoms with E-state index >= 15 is 0 Å². The molecule has 1 aliphatic heterocycles. The van der Waals surface area contributed by atoms with E-state index in [1.165, 1.54) is 32.4 Å². The molecule has 1 atom stereocenters. The summed E-state index contributed by atoms with van der Waals surface area (Å²) in [5.74, 6) is -1.54. The van der Waals surface area contributed by atoms with Gasteiger partial charge in [-0.15, -0.1) is 0 Å². The number of rotatable bonds is 4. The van der Waals surface area contributed by atoms with E-state index in [0.717, 1.165) is 6.42 Å². The highest BCUT2D eigenvalue weighted by Crippen LogP contribution is 2.19. The van der Waals surface area contributed by atoms with Crippen molar-refractivity contribution in [2.75, 3.05) is 26.1 Å². The standard InChI is InChI=1S/C15H17NO6/c1-20-14(18)9-6-10(15(19)21-2)8-11(7-9)16-13(17)12-4-3-5-22-12/h6-8,12H,3-5H2,1-2H3,(H,16,17)/t12-/m0/s1. The van der Waals surface area contributed by atoms with Gasteiger partial charge in [-0.3, -0.25) is 4.79 Å². The van der Waals surface area contributed by atoms with Gasteiger partial charge in [-0.05, 0) is 31.0 Å². The largest absolute Gasteiger partial charge is 0.465 e. The molecule has 1 saturated heterocycles. The van der Waals surface area contributed by atoms with Gasteiger partial charge in [0.15, 0.2) is 0 Å². The average Bonchev–Trinajstić information content (AvgIpc) is 3.07. The summed E-state index contributed by atoms with van der Waals surface area (Å²) in [6, 6.07) is 4.22. The molecule has 1 fully saturated rings. The second kappa shape index (κ2) is 7.04. The van der Waals surface area contributed by atoms with Crippen LogP contribution in [-0.2, 0) is 19.0 Å². The van der Waals surface area contributed by atoms with Crippen molar-refractivity contribution in [3.8, 4) is 0 Å². The van der Waals surface area contributed by atoms with Crippen LogP contribution in [0.2, 0.25) is 0 Å². The first-order chi connectivity index (χ1) is 10.5. The van der Waals surface area contributed by atoms with E-state index in [0.29, 0.717) is 18.7 Å². The van der Waals surface area contributed by atoms with Crippen LogP contribution in [0.5, 0.6) is 0 Å². The summed E-state index contributed by atoms with van der Waals surface area (Å²) in [5, 5.41) is 2.64. The van der Waals surface area contributed by atoms with E-state index in [-0.39, 0.29) is 17.0 Å². The molecule has 1 aliphatic rings. The minimum absolute atomic E-state index is 0.146. The van der Waals surface area contributed by atoms with Gasteiger partial charge in [0.1, 0.15) is 6.10 Å². The van der Waals surface area contributed by atoms with Crippen molar-refractivity contribution in [3.05, 3.63) is 29.3 Å². The lowest BCUT2D eigenvalue weighted by molar-refractivity contribution is -0.124. The van der Waals surface area contributed by atoms with Gasteiger partial charge in [0.25, 0.3) is 5.91 Å². The predicted octanol–water partition coefficient (Wildman–Crippen LogP) is 1.38. The molecular formula is C15H17NO6. The molecule has 0 radical (unpaired) electrons. The molecule has 1 amide bonds. The number of benzene rings is 1. The van der Waals surface area contributed by atoms with Crippen molar-refractivity contribution in [1.29, 1.82) is 0 Å². The molecule has 1 N–H and O–H groups in total. The summed E-state index contributed by atoms with van der Waals surface area (Å²) in [5.41, 5.74) is 0.602. The summed E-state index contributed by atoms with van der Waals surface area (Å²) in [6.45, 7) is 0.549. The summed E-state index contributed by atoms with van der Waals surface area (Å²) >= 11 is 0. The first-order valence-electron chi connectivity index (χ1n) is 6.79. The Morgan fingerprint density at radius 3 is 2.14 bits per heavy atom. The van der Waals surface area contributed by atoms with E-state index in [2.05, 4.69) is 14.8 Å². The third kappa shape index (κ3) is 3.62. The Kier molecular flexibility index (Phi) is 5.11. The van der Waals surface area contributed by atoms with Gasteiger partial charge in [-0.1, -0.05) is 0 Å². The van der Waals surface area contributed by atoms with Crippen LogP contribution < -0.4 is 5.32 Å². The lowest BCUT2D eigenvalue weighted by Gasteiger charge is -2.12. The third-order valence-electron chi connectivity index (χ3n) is 3.26. The van der Waals surface area contributed by atoms with Gasteiger partial charge in [-0.2, -0.15) is 0 Å². The van der Waals surface area contributed by atoms with Crippen molar-refractivity contribution in [3.63, 3.8) is 0 Å². The number of carbonyl (C=O) groups is 3. The number of methoxy groups -OCH3 is 2. The summed E-state index contributed by atoms with van der Waals surface area (Å²) in [6.07, 6.45) is 0.962. The second-order valence-electron chi connectivity index (χ2n) is 4.77. The minimum Gasteiger partial charge on any atom is -0.465 e. The zero-order valence-electron chi connectivity index (χ0n) is 12.4. The molecule has 22 heavy (non-hydrogen) atoms. The maximum absolute atomic E-state index is 12.0. The van der Waals surface area contributed by atoms with E-state index in [4.69, 9.17) is 4.74 Å². The Bertz CT molecular complexity index is 557. The zero-order valence-corrected chi connectivity index (χ0v) is 12.4. The maximum atomic E-state index is 12.0. The first-order valence-corrected chi connectivity index (χ1v) is 6.79. The van der Waals surface area contributed by atoms with Crippen LogP contribution >= 0.6 is 0 Å². The molecule has 1 aromatic rings. The maximum Gasteiger partial charge on any atom is 0.337 e. The topological polar surface area (TPSA) is 90.9 Å². The number of carbonyl (C=O) groups excluding carboxylic acids is 3. The summed E-state index contributed by atoms with van der Waals surface area (Å²) < 4.78 is 14.6. The van der Waals surface area contributed by atoms with Crippen LogP contribution in [-0.4, -0.2) is 44.8 Å². The van der Waals surface area contributed by atoms with Crippen LogP contribution in [0, 0.1) is 0 Å². The van der Waals surface area contributed by atoms with E-state index < -0.39 is 18.0 Å². The smallest absolute Gasteiger partial charge is 0.337 e. The molecule has 0 spiro atoms. The van der Waals surface area contributed by atoms with E-state index in [9.17, 15) is 14.4 Å². The van der Waals surface area contributed by atoms with Crippen molar-refractivity contribution in [2.45, 2.75) is 18.9 Å². The van der Waals surface area contributed by atoms with Crippen molar-refractivity contribution < 1.29 is 28.6 Å². The molecule has 0 unspecified atom stereocenters. The number of hydrogen-bond donors (Lipinski definition) is 1. The molecule has 1 heterocycles. The Balaban J connectivity index is 2.26. The fourth-order valence-electron chi connectivity index (χ4n) is 2.18. The number of anilines is 1. The predicted molar refractivity (Wildman–Crippen MR) is 76.7 cm³/mol.